The molecule has 0 aliphatic rings. The zero-order chi connectivity index (χ0) is 15.1. The van der Waals surface area contributed by atoms with Gasteiger partial charge < -0.3 is 20.6 Å². The van der Waals surface area contributed by atoms with E-state index in [0.29, 0.717) is 18.0 Å². The summed E-state index contributed by atoms with van der Waals surface area (Å²) in [6, 6.07) is 0. The third-order valence-corrected chi connectivity index (χ3v) is 4.25. The zero-order valence-electron chi connectivity index (χ0n) is 12.4. The van der Waals surface area contributed by atoms with E-state index >= 15 is 0 Å². The summed E-state index contributed by atoms with van der Waals surface area (Å²) in [5, 5.41) is 9.83. The number of hydrogen-bond acceptors (Lipinski definition) is 6. The molecule has 1 heterocycles. The molecule has 7 heteroatoms. The molecule has 0 aliphatic heterocycles. The van der Waals surface area contributed by atoms with Gasteiger partial charge in [0.1, 0.15) is 10.7 Å². The molecule has 1 aromatic rings. The normalized spacial score (nSPS) is 10.6. The van der Waals surface area contributed by atoms with E-state index in [1.165, 1.54) is 11.3 Å². The Bertz CT molecular complexity index is 436. The molecule has 0 atom stereocenters. The van der Waals surface area contributed by atoms with Crippen molar-refractivity contribution in [2.24, 2.45) is 0 Å². The Labute approximate surface area is 124 Å². The molecule has 1 aromatic heterocycles. The van der Waals surface area contributed by atoms with Gasteiger partial charge in [-0.05, 0) is 13.3 Å². The number of anilines is 2. The van der Waals surface area contributed by atoms with Crippen molar-refractivity contribution in [3.63, 3.8) is 0 Å². The van der Waals surface area contributed by atoms with Gasteiger partial charge in [0.05, 0.1) is 6.61 Å². The average molecular weight is 300 g/mol. The highest BCUT2D eigenvalue weighted by atomic mass is 32.1. The summed E-state index contributed by atoms with van der Waals surface area (Å²) in [5.41, 5.74) is 5.86. The predicted molar refractivity (Wildman–Crippen MR) is 83.4 cm³/mol. The van der Waals surface area contributed by atoms with Gasteiger partial charge in [0, 0.05) is 26.7 Å². The molecule has 0 spiro atoms. The van der Waals surface area contributed by atoms with Gasteiger partial charge in [0.2, 0.25) is 0 Å². The summed E-state index contributed by atoms with van der Waals surface area (Å²) in [6.45, 7) is 5.79. The number of unbranched alkanes of at least 4 members (excludes halogenated alkanes) is 1. The van der Waals surface area contributed by atoms with Crippen LogP contribution >= 0.6 is 11.3 Å². The highest BCUT2D eigenvalue weighted by Crippen LogP contribution is 2.28. The SMILES string of the molecule is CCCCN(CCO)C(=O)c1sc(N(C)CC)nc1N. The van der Waals surface area contributed by atoms with Crippen LogP contribution in [-0.4, -0.2) is 54.2 Å². The van der Waals surface area contributed by atoms with Crippen LogP contribution in [-0.2, 0) is 0 Å². The van der Waals surface area contributed by atoms with Crippen LogP contribution in [0.15, 0.2) is 0 Å². The van der Waals surface area contributed by atoms with Gasteiger partial charge in [-0.1, -0.05) is 24.7 Å². The second kappa shape index (κ2) is 8.06. The first-order valence-corrected chi connectivity index (χ1v) is 7.74. The summed E-state index contributed by atoms with van der Waals surface area (Å²) in [5.74, 6) is 0.132. The number of aliphatic hydroxyl groups is 1. The fourth-order valence-electron chi connectivity index (χ4n) is 1.70. The molecule has 1 rings (SSSR count). The minimum absolute atomic E-state index is 0.0458. The molecule has 114 valence electrons. The first-order chi connectivity index (χ1) is 9.54. The van der Waals surface area contributed by atoms with Crippen LogP contribution in [0.4, 0.5) is 10.9 Å². The van der Waals surface area contributed by atoms with Crippen LogP contribution in [0.1, 0.15) is 36.4 Å². The summed E-state index contributed by atoms with van der Waals surface area (Å²) in [6.07, 6.45) is 1.91. The molecule has 20 heavy (non-hydrogen) atoms. The van der Waals surface area contributed by atoms with Gasteiger partial charge in [0.15, 0.2) is 5.13 Å². The molecule has 0 aliphatic carbocycles. The fourth-order valence-corrected chi connectivity index (χ4v) is 2.68. The molecule has 0 fully saturated rings. The van der Waals surface area contributed by atoms with Crippen molar-refractivity contribution in [2.45, 2.75) is 26.7 Å². The number of aliphatic hydroxyl groups excluding tert-OH is 1. The quantitative estimate of drug-likeness (QED) is 0.758. The van der Waals surface area contributed by atoms with Crippen molar-refractivity contribution < 1.29 is 9.90 Å². The number of rotatable bonds is 8. The van der Waals surface area contributed by atoms with Gasteiger partial charge in [0.25, 0.3) is 5.91 Å². The zero-order valence-corrected chi connectivity index (χ0v) is 13.2. The molecular formula is C13H24N4O2S. The lowest BCUT2D eigenvalue weighted by molar-refractivity contribution is 0.0725. The number of amides is 1. The van der Waals surface area contributed by atoms with Crippen molar-refractivity contribution in [2.75, 3.05) is 43.9 Å². The van der Waals surface area contributed by atoms with Crippen molar-refractivity contribution in [1.29, 1.82) is 0 Å². The summed E-state index contributed by atoms with van der Waals surface area (Å²) in [7, 11) is 1.91. The van der Waals surface area contributed by atoms with Gasteiger partial charge >= 0.3 is 0 Å². The smallest absolute Gasteiger partial charge is 0.267 e. The molecule has 1 amide bonds. The maximum absolute atomic E-state index is 12.5. The van der Waals surface area contributed by atoms with E-state index in [-0.39, 0.29) is 18.3 Å². The number of carbonyl (C=O) groups is 1. The molecule has 0 aromatic carbocycles. The first kappa shape index (κ1) is 16.7. The maximum Gasteiger partial charge on any atom is 0.267 e. The molecular weight excluding hydrogens is 276 g/mol. The Hall–Kier alpha value is -1.34. The Morgan fingerprint density at radius 2 is 2.10 bits per heavy atom. The number of thiazole rings is 1. The number of aromatic nitrogens is 1. The Balaban J connectivity index is 2.90. The van der Waals surface area contributed by atoms with E-state index in [1.807, 2.05) is 18.9 Å². The standard InChI is InChI=1S/C13H24N4O2S/c1-4-6-7-17(8-9-18)12(19)10-11(14)15-13(20-10)16(3)5-2/h18H,4-9,14H2,1-3H3. The van der Waals surface area contributed by atoms with Crippen molar-refractivity contribution in [3.8, 4) is 0 Å². The number of nitrogen functional groups attached to an aromatic ring is 1. The molecule has 0 saturated heterocycles. The second-order valence-electron chi connectivity index (χ2n) is 4.59. The molecule has 0 saturated carbocycles. The van der Waals surface area contributed by atoms with Crippen LogP contribution in [0.25, 0.3) is 0 Å². The number of nitrogens with two attached hydrogens (primary N) is 1. The second-order valence-corrected chi connectivity index (χ2v) is 5.57. The fraction of sp³-hybridized carbons (Fsp3) is 0.692. The predicted octanol–water partition coefficient (Wildman–Crippen LogP) is 1.42. The minimum Gasteiger partial charge on any atom is -0.395 e. The lowest BCUT2D eigenvalue weighted by Crippen LogP contribution is -2.34. The van der Waals surface area contributed by atoms with Gasteiger partial charge in [-0.25, -0.2) is 4.98 Å². The summed E-state index contributed by atoms with van der Waals surface area (Å²) < 4.78 is 0. The largest absolute Gasteiger partial charge is 0.395 e. The van der Waals surface area contributed by atoms with Crippen LogP contribution in [0.2, 0.25) is 0 Å². The monoisotopic (exact) mass is 300 g/mol. The van der Waals surface area contributed by atoms with E-state index in [9.17, 15) is 4.79 Å². The number of nitrogens with zero attached hydrogens (tertiary/aromatic N) is 3. The average Bonchev–Trinajstić information content (AvgIpc) is 2.83. The van der Waals surface area contributed by atoms with Crippen molar-refractivity contribution >= 4 is 28.2 Å². The molecule has 3 N–H and O–H groups in total. The third-order valence-electron chi connectivity index (χ3n) is 3.08. The van der Waals surface area contributed by atoms with Gasteiger partial charge in [-0.15, -0.1) is 0 Å². The van der Waals surface area contributed by atoms with E-state index in [2.05, 4.69) is 11.9 Å². The number of hydrogen-bond donors (Lipinski definition) is 2. The van der Waals surface area contributed by atoms with Gasteiger partial charge in [-0.2, -0.15) is 0 Å². The molecule has 6 nitrogen and oxygen atoms in total. The van der Waals surface area contributed by atoms with Crippen LogP contribution in [0.5, 0.6) is 0 Å². The van der Waals surface area contributed by atoms with Crippen molar-refractivity contribution in [3.05, 3.63) is 4.88 Å². The highest BCUT2D eigenvalue weighted by Gasteiger charge is 2.22. The van der Waals surface area contributed by atoms with Crippen LogP contribution in [0, 0.1) is 0 Å². The summed E-state index contributed by atoms with van der Waals surface area (Å²) in [4.78, 5) is 20.8. The summed E-state index contributed by atoms with van der Waals surface area (Å²) >= 11 is 1.30. The molecule has 0 unspecified atom stereocenters. The molecule has 0 bridgehead atoms. The minimum atomic E-state index is -0.141. The topological polar surface area (TPSA) is 82.7 Å². The van der Waals surface area contributed by atoms with Crippen molar-refractivity contribution in [1.82, 2.24) is 9.88 Å². The highest BCUT2D eigenvalue weighted by molar-refractivity contribution is 7.18. The van der Waals surface area contributed by atoms with E-state index in [0.717, 1.165) is 24.5 Å². The Kier molecular flexibility index (Phi) is 6.74. The van der Waals surface area contributed by atoms with Crippen LogP contribution in [0.3, 0.4) is 0 Å². The first-order valence-electron chi connectivity index (χ1n) is 6.92. The Morgan fingerprint density at radius 3 is 2.65 bits per heavy atom. The lowest BCUT2D eigenvalue weighted by atomic mass is 10.3. The number of carbonyl (C=O) groups excluding carboxylic acids is 1. The van der Waals surface area contributed by atoms with Gasteiger partial charge in [-0.3, -0.25) is 4.79 Å². The van der Waals surface area contributed by atoms with E-state index in [4.69, 9.17) is 10.8 Å². The van der Waals surface area contributed by atoms with E-state index < -0.39 is 0 Å². The van der Waals surface area contributed by atoms with Crippen LogP contribution < -0.4 is 10.6 Å². The third kappa shape index (κ3) is 4.08. The maximum atomic E-state index is 12.5. The lowest BCUT2D eigenvalue weighted by Gasteiger charge is -2.20. The van der Waals surface area contributed by atoms with E-state index in [1.54, 1.807) is 4.90 Å². The molecule has 0 radical (unpaired) electrons. The Morgan fingerprint density at radius 1 is 1.40 bits per heavy atom.